The topological polar surface area (TPSA) is 44.8 Å². The number of hydrogen-bond donors (Lipinski definition) is 1. The van der Waals surface area contributed by atoms with Crippen LogP contribution in [0.2, 0.25) is 0 Å². The lowest BCUT2D eigenvalue weighted by atomic mass is 10.2. The lowest BCUT2D eigenvalue weighted by molar-refractivity contribution is -0.274. The summed E-state index contributed by atoms with van der Waals surface area (Å²) in [6, 6.07) is 15.2. The van der Waals surface area contributed by atoms with E-state index >= 15 is 0 Å². The molecule has 1 aliphatic heterocycles. The van der Waals surface area contributed by atoms with Crippen LogP contribution in [0.5, 0.6) is 5.75 Å². The first kappa shape index (κ1) is 19.0. The molecule has 0 aromatic heterocycles. The minimum Gasteiger partial charge on any atom is -0.406 e. The minimum absolute atomic E-state index is 0.201. The lowest BCUT2D eigenvalue weighted by Crippen LogP contribution is -2.48. The molecule has 0 aliphatic carbocycles. The van der Waals surface area contributed by atoms with Gasteiger partial charge < -0.3 is 15.0 Å². The van der Waals surface area contributed by atoms with E-state index < -0.39 is 6.36 Å². The second-order valence-corrected chi connectivity index (χ2v) is 6.22. The van der Waals surface area contributed by atoms with Gasteiger partial charge in [0.15, 0.2) is 0 Å². The standard InChI is InChI=1S/C19H20F3N3O2/c20-19(21,22)27-17-8-6-15(7-9-17)23-18(26)14-24-10-12-25(13-11-24)16-4-2-1-3-5-16/h1-9H,10-14H2,(H,23,26). The van der Waals surface area contributed by atoms with E-state index in [9.17, 15) is 18.0 Å². The van der Waals surface area contributed by atoms with E-state index in [0.717, 1.165) is 26.2 Å². The summed E-state index contributed by atoms with van der Waals surface area (Å²) in [5.41, 5.74) is 1.60. The quantitative estimate of drug-likeness (QED) is 0.866. The fourth-order valence-electron chi connectivity index (χ4n) is 2.95. The molecule has 0 radical (unpaired) electrons. The van der Waals surface area contributed by atoms with E-state index in [1.807, 2.05) is 18.2 Å². The van der Waals surface area contributed by atoms with Crippen LogP contribution in [0.4, 0.5) is 24.5 Å². The average Bonchev–Trinajstić information content (AvgIpc) is 2.63. The number of para-hydroxylation sites is 1. The van der Waals surface area contributed by atoms with Gasteiger partial charge in [-0.05, 0) is 36.4 Å². The van der Waals surface area contributed by atoms with E-state index in [1.165, 1.54) is 30.0 Å². The van der Waals surface area contributed by atoms with Crippen LogP contribution in [-0.2, 0) is 4.79 Å². The molecule has 1 fully saturated rings. The van der Waals surface area contributed by atoms with Crippen LogP contribution in [0.1, 0.15) is 0 Å². The second kappa shape index (κ2) is 8.30. The van der Waals surface area contributed by atoms with Gasteiger partial charge in [-0.25, -0.2) is 0 Å². The number of carbonyl (C=O) groups is 1. The zero-order valence-electron chi connectivity index (χ0n) is 14.6. The molecule has 0 atom stereocenters. The molecule has 0 unspecified atom stereocenters. The number of alkyl halides is 3. The third-order valence-corrected chi connectivity index (χ3v) is 4.23. The molecule has 5 nitrogen and oxygen atoms in total. The van der Waals surface area contributed by atoms with E-state index in [0.29, 0.717) is 5.69 Å². The Balaban J connectivity index is 1.45. The van der Waals surface area contributed by atoms with Gasteiger partial charge in [-0.2, -0.15) is 0 Å². The molecule has 0 saturated carbocycles. The summed E-state index contributed by atoms with van der Waals surface area (Å²) in [5, 5.41) is 2.69. The van der Waals surface area contributed by atoms with Gasteiger partial charge in [-0.3, -0.25) is 9.69 Å². The summed E-state index contributed by atoms with van der Waals surface area (Å²) in [7, 11) is 0. The molecule has 2 aromatic rings. The summed E-state index contributed by atoms with van der Waals surface area (Å²) in [4.78, 5) is 16.5. The van der Waals surface area contributed by atoms with Crippen molar-refractivity contribution in [1.29, 1.82) is 0 Å². The summed E-state index contributed by atoms with van der Waals surface area (Å²) in [6.07, 6.45) is -4.73. The number of rotatable bonds is 5. The number of amides is 1. The highest BCUT2D eigenvalue weighted by Gasteiger charge is 2.31. The van der Waals surface area contributed by atoms with Crippen molar-refractivity contribution < 1.29 is 22.7 Å². The highest BCUT2D eigenvalue weighted by atomic mass is 19.4. The second-order valence-electron chi connectivity index (χ2n) is 6.22. The zero-order chi connectivity index (χ0) is 19.3. The van der Waals surface area contributed by atoms with Crippen molar-refractivity contribution in [3.05, 3.63) is 54.6 Å². The van der Waals surface area contributed by atoms with Gasteiger partial charge in [0.2, 0.25) is 5.91 Å². The van der Waals surface area contributed by atoms with Gasteiger partial charge in [0.05, 0.1) is 6.54 Å². The molecule has 0 spiro atoms. The summed E-state index contributed by atoms with van der Waals surface area (Å²) < 4.78 is 40.2. The van der Waals surface area contributed by atoms with Crippen molar-refractivity contribution in [2.75, 3.05) is 42.9 Å². The summed E-state index contributed by atoms with van der Waals surface area (Å²) in [6.45, 7) is 3.44. The van der Waals surface area contributed by atoms with Gasteiger partial charge in [-0.15, -0.1) is 13.2 Å². The van der Waals surface area contributed by atoms with Crippen molar-refractivity contribution in [1.82, 2.24) is 4.90 Å². The van der Waals surface area contributed by atoms with Crippen molar-refractivity contribution in [3.8, 4) is 5.75 Å². The van der Waals surface area contributed by atoms with Gasteiger partial charge in [0, 0.05) is 37.6 Å². The first-order valence-electron chi connectivity index (χ1n) is 8.57. The number of anilines is 2. The Kier molecular flexibility index (Phi) is 5.85. The largest absolute Gasteiger partial charge is 0.573 e. The van der Waals surface area contributed by atoms with E-state index in [1.54, 1.807) is 0 Å². The molecule has 2 aromatic carbocycles. The normalized spacial score (nSPS) is 15.4. The molecular weight excluding hydrogens is 359 g/mol. The van der Waals surface area contributed by atoms with Crippen molar-refractivity contribution in [2.45, 2.75) is 6.36 Å². The number of ether oxygens (including phenoxy) is 1. The highest BCUT2D eigenvalue weighted by molar-refractivity contribution is 5.92. The minimum atomic E-state index is -4.73. The van der Waals surface area contributed by atoms with Gasteiger partial charge in [0.25, 0.3) is 0 Å². The van der Waals surface area contributed by atoms with Gasteiger partial charge in [0.1, 0.15) is 5.75 Å². The third-order valence-electron chi connectivity index (χ3n) is 4.23. The Bertz CT molecular complexity index is 743. The van der Waals surface area contributed by atoms with Crippen molar-refractivity contribution in [2.24, 2.45) is 0 Å². The highest BCUT2D eigenvalue weighted by Crippen LogP contribution is 2.24. The van der Waals surface area contributed by atoms with Crippen LogP contribution in [0.25, 0.3) is 0 Å². The number of nitrogens with zero attached hydrogens (tertiary/aromatic N) is 2. The number of piperazine rings is 1. The SMILES string of the molecule is O=C(CN1CCN(c2ccccc2)CC1)Nc1ccc(OC(F)(F)F)cc1. The Hall–Kier alpha value is -2.74. The molecule has 8 heteroatoms. The molecule has 1 amide bonds. The number of benzene rings is 2. The van der Waals surface area contributed by atoms with Crippen LogP contribution in [0.3, 0.4) is 0 Å². The summed E-state index contributed by atoms with van der Waals surface area (Å²) >= 11 is 0. The molecule has 3 rings (SSSR count). The van der Waals surface area contributed by atoms with Crippen LogP contribution in [0.15, 0.2) is 54.6 Å². The third kappa shape index (κ3) is 5.89. The Morgan fingerprint density at radius 2 is 1.59 bits per heavy atom. The van der Waals surface area contributed by atoms with Crippen molar-refractivity contribution >= 4 is 17.3 Å². The fraction of sp³-hybridized carbons (Fsp3) is 0.316. The van der Waals surface area contributed by atoms with E-state index in [2.05, 4.69) is 32.0 Å². The maximum absolute atomic E-state index is 12.2. The Labute approximate surface area is 155 Å². The van der Waals surface area contributed by atoms with Gasteiger partial charge >= 0.3 is 6.36 Å². The molecule has 27 heavy (non-hydrogen) atoms. The summed E-state index contributed by atoms with van der Waals surface area (Å²) in [5.74, 6) is -0.523. The number of halogens is 3. The maximum Gasteiger partial charge on any atom is 0.573 e. The molecule has 1 heterocycles. The molecule has 1 aliphatic rings. The molecular formula is C19H20F3N3O2. The van der Waals surface area contributed by atoms with Crippen LogP contribution in [-0.4, -0.2) is 49.9 Å². The van der Waals surface area contributed by atoms with Crippen LogP contribution >= 0.6 is 0 Å². The zero-order valence-corrected chi connectivity index (χ0v) is 14.6. The maximum atomic E-state index is 12.2. The Morgan fingerprint density at radius 3 is 2.19 bits per heavy atom. The predicted octanol–water partition coefficient (Wildman–Crippen LogP) is 3.35. The molecule has 1 saturated heterocycles. The van der Waals surface area contributed by atoms with Crippen LogP contribution in [0, 0.1) is 0 Å². The average molecular weight is 379 g/mol. The smallest absolute Gasteiger partial charge is 0.406 e. The number of hydrogen-bond acceptors (Lipinski definition) is 4. The lowest BCUT2D eigenvalue weighted by Gasteiger charge is -2.35. The number of carbonyl (C=O) groups excluding carboxylic acids is 1. The molecule has 144 valence electrons. The molecule has 0 bridgehead atoms. The number of nitrogens with one attached hydrogen (secondary N) is 1. The van der Waals surface area contributed by atoms with Crippen LogP contribution < -0.4 is 15.0 Å². The molecule has 1 N–H and O–H groups in total. The van der Waals surface area contributed by atoms with Crippen molar-refractivity contribution in [3.63, 3.8) is 0 Å². The Morgan fingerprint density at radius 1 is 0.963 bits per heavy atom. The fourth-order valence-corrected chi connectivity index (χ4v) is 2.95. The van der Waals surface area contributed by atoms with Gasteiger partial charge in [-0.1, -0.05) is 18.2 Å². The monoisotopic (exact) mass is 379 g/mol. The first-order valence-corrected chi connectivity index (χ1v) is 8.57. The van der Waals surface area contributed by atoms with E-state index in [4.69, 9.17) is 0 Å². The van der Waals surface area contributed by atoms with E-state index in [-0.39, 0.29) is 18.2 Å². The predicted molar refractivity (Wildman–Crippen MR) is 96.8 cm³/mol. The first-order chi connectivity index (χ1) is 12.9.